The summed E-state index contributed by atoms with van der Waals surface area (Å²) < 4.78 is 9.90. The number of rotatable bonds is 0. The molecule has 1 unspecified atom stereocenters. The molecular formula is C6H9NO3. The predicted molar refractivity (Wildman–Crippen MR) is 32.5 cm³/mol. The minimum Gasteiger partial charge on any atom is -0.460 e. The van der Waals surface area contributed by atoms with E-state index in [0.717, 1.165) is 6.54 Å². The Morgan fingerprint density at radius 3 is 2.80 bits per heavy atom. The lowest BCUT2D eigenvalue weighted by Gasteiger charge is -2.41. The topological polar surface area (TPSA) is 47.6 Å². The van der Waals surface area contributed by atoms with Gasteiger partial charge in [-0.15, -0.1) is 0 Å². The molecule has 0 saturated carbocycles. The fourth-order valence-electron chi connectivity index (χ4n) is 1.18. The van der Waals surface area contributed by atoms with Crippen LogP contribution >= 0.6 is 0 Å². The van der Waals surface area contributed by atoms with E-state index in [1.807, 2.05) is 0 Å². The first-order valence-electron chi connectivity index (χ1n) is 3.35. The first kappa shape index (κ1) is 6.12. The Labute approximate surface area is 58.5 Å². The van der Waals surface area contributed by atoms with Gasteiger partial charge in [-0.1, -0.05) is 0 Å². The van der Waals surface area contributed by atoms with Gasteiger partial charge in [-0.25, -0.2) is 4.79 Å². The minimum absolute atomic E-state index is 0.222. The van der Waals surface area contributed by atoms with Crippen molar-refractivity contribution in [1.29, 1.82) is 0 Å². The van der Waals surface area contributed by atoms with Crippen molar-refractivity contribution in [1.82, 2.24) is 5.32 Å². The summed E-state index contributed by atoms with van der Waals surface area (Å²) in [6.07, 6.45) is 0. The van der Waals surface area contributed by atoms with Gasteiger partial charge in [0.2, 0.25) is 5.60 Å². The van der Waals surface area contributed by atoms with E-state index < -0.39 is 5.60 Å². The third kappa shape index (κ3) is 0.660. The highest BCUT2D eigenvalue weighted by Gasteiger charge is 2.51. The van der Waals surface area contributed by atoms with Crippen molar-refractivity contribution in [2.24, 2.45) is 0 Å². The average molecular weight is 143 g/mol. The Morgan fingerprint density at radius 2 is 2.50 bits per heavy atom. The molecule has 2 rings (SSSR count). The van der Waals surface area contributed by atoms with Crippen molar-refractivity contribution in [3.05, 3.63) is 0 Å². The largest absolute Gasteiger partial charge is 0.460 e. The SMILES string of the molecule is O=C1OCC12CNCCO2. The second kappa shape index (κ2) is 1.93. The number of nitrogens with one attached hydrogen (secondary N) is 1. The Hall–Kier alpha value is -0.610. The molecule has 0 radical (unpaired) electrons. The highest BCUT2D eigenvalue weighted by Crippen LogP contribution is 2.24. The van der Waals surface area contributed by atoms with Crippen LogP contribution in [0.1, 0.15) is 0 Å². The van der Waals surface area contributed by atoms with Gasteiger partial charge in [-0.2, -0.15) is 0 Å². The first-order chi connectivity index (χ1) is 4.83. The normalized spacial score (nSPS) is 39.0. The Kier molecular flexibility index (Phi) is 1.18. The molecule has 2 saturated heterocycles. The van der Waals surface area contributed by atoms with E-state index in [1.54, 1.807) is 0 Å². The molecule has 2 aliphatic heterocycles. The highest BCUT2D eigenvalue weighted by atomic mass is 16.6. The Balaban J connectivity index is 2.06. The van der Waals surface area contributed by atoms with Crippen LogP contribution in [0.3, 0.4) is 0 Å². The number of hydrogen-bond donors (Lipinski definition) is 1. The quantitative estimate of drug-likeness (QED) is 0.437. The van der Waals surface area contributed by atoms with Gasteiger partial charge in [0, 0.05) is 13.1 Å². The van der Waals surface area contributed by atoms with Gasteiger partial charge in [0.25, 0.3) is 0 Å². The van der Waals surface area contributed by atoms with Crippen LogP contribution in [-0.2, 0) is 14.3 Å². The average Bonchev–Trinajstić information content (AvgIpc) is 2.04. The van der Waals surface area contributed by atoms with Gasteiger partial charge in [-0.3, -0.25) is 0 Å². The number of cyclic esters (lactones) is 1. The fourth-order valence-corrected chi connectivity index (χ4v) is 1.18. The summed E-state index contributed by atoms with van der Waals surface area (Å²) in [5.41, 5.74) is -0.613. The molecule has 2 fully saturated rings. The van der Waals surface area contributed by atoms with Crippen molar-refractivity contribution in [3.8, 4) is 0 Å². The Bertz CT molecular complexity index is 162. The molecule has 4 heteroatoms. The Morgan fingerprint density at radius 1 is 1.60 bits per heavy atom. The monoisotopic (exact) mass is 143 g/mol. The van der Waals surface area contributed by atoms with Gasteiger partial charge in [-0.05, 0) is 0 Å². The van der Waals surface area contributed by atoms with Gasteiger partial charge in [0.05, 0.1) is 6.61 Å². The molecule has 0 aromatic carbocycles. The number of esters is 1. The zero-order chi connectivity index (χ0) is 7.03. The van der Waals surface area contributed by atoms with E-state index in [-0.39, 0.29) is 5.97 Å². The minimum atomic E-state index is -0.613. The van der Waals surface area contributed by atoms with Gasteiger partial charge in [0.15, 0.2) is 0 Å². The molecule has 0 aromatic rings. The van der Waals surface area contributed by atoms with E-state index in [0.29, 0.717) is 19.8 Å². The summed E-state index contributed by atoms with van der Waals surface area (Å²) >= 11 is 0. The molecule has 1 spiro atoms. The second-order valence-electron chi connectivity index (χ2n) is 2.60. The summed E-state index contributed by atoms with van der Waals surface area (Å²) in [6, 6.07) is 0. The lowest BCUT2D eigenvalue weighted by atomic mass is 10.00. The van der Waals surface area contributed by atoms with Gasteiger partial charge >= 0.3 is 5.97 Å². The molecule has 4 nitrogen and oxygen atoms in total. The third-order valence-electron chi connectivity index (χ3n) is 1.88. The smallest absolute Gasteiger partial charge is 0.343 e. The molecule has 0 amide bonds. The molecule has 0 aliphatic carbocycles. The van der Waals surface area contributed by atoms with Crippen molar-refractivity contribution < 1.29 is 14.3 Å². The maximum absolute atomic E-state index is 10.8. The molecule has 56 valence electrons. The zero-order valence-corrected chi connectivity index (χ0v) is 5.55. The van der Waals surface area contributed by atoms with E-state index in [4.69, 9.17) is 4.74 Å². The van der Waals surface area contributed by atoms with Crippen LogP contribution in [0.5, 0.6) is 0 Å². The number of carbonyl (C=O) groups excluding carboxylic acids is 1. The van der Waals surface area contributed by atoms with Crippen molar-refractivity contribution in [3.63, 3.8) is 0 Å². The molecule has 0 bridgehead atoms. The van der Waals surface area contributed by atoms with Crippen molar-refractivity contribution in [2.75, 3.05) is 26.3 Å². The standard InChI is InChI=1S/C6H9NO3/c8-5-6(4-9-5)3-7-1-2-10-6/h7H,1-4H2. The van der Waals surface area contributed by atoms with Crippen molar-refractivity contribution >= 4 is 5.97 Å². The lowest BCUT2D eigenvalue weighted by Crippen LogP contribution is -2.65. The molecular weight excluding hydrogens is 134 g/mol. The summed E-state index contributed by atoms with van der Waals surface area (Å²) in [4.78, 5) is 10.8. The lowest BCUT2D eigenvalue weighted by molar-refractivity contribution is -0.219. The van der Waals surface area contributed by atoms with Crippen LogP contribution in [0.25, 0.3) is 0 Å². The summed E-state index contributed by atoms with van der Waals surface area (Å²) in [5, 5.41) is 3.08. The fraction of sp³-hybridized carbons (Fsp3) is 0.833. The maximum atomic E-state index is 10.8. The molecule has 1 N–H and O–H groups in total. The zero-order valence-electron chi connectivity index (χ0n) is 5.55. The van der Waals surface area contributed by atoms with Gasteiger partial charge in [0.1, 0.15) is 6.61 Å². The summed E-state index contributed by atoms with van der Waals surface area (Å²) in [7, 11) is 0. The second-order valence-corrected chi connectivity index (χ2v) is 2.60. The summed E-state index contributed by atoms with van der Waals surface area (Å²) in [6.45, 7) is 2.45. The molecule has 2 aliphatic rings. The van der Waals surface area contributed by atoms with E-state index >= 15 is 0 Å². The van der Waals surface area contributed by atoms with Gasteiger partial charge < -0.3 is 14.8 Å². The van der Waals surface area contributed by atoms with Crippen LogP contribution in [0.15, 0.2) is 0 Å². The van der Waals surface area contributed by atoms with Crippen LogP contribution < -0.4 is 5.32 Å². The number of carbonyl (C=O) groups is 1. The van der Waals surface area contributed by atoms with E-state index in [2.05, 4.69) is 10.1 Å². The maximum Gasteiger partial charge on any atom is 0.343 e. The van der Waals surface area contributed by atoms with Crippen LogP contribution in [0.2, 0.25) is 0 Å². The van der Waals surface area contributed by atoms with Crippen LogP contribution in [-0.4, -0.2) is 37.9 Å². The molecule has 2 heterocycles. The van der Waals surface area contributed by atoms with E-state index in [1.165, 1.54) is 0 Å². The highest BCUT2D eigenvalue weighted by molar-refractivity contribution is 5.85. The first-order valence-corrected chi connectivity index (χ1v) is 3.35. The van der Waals surface area contributed by atoms with Crippen LogP contribution in [0, 0.1) is 0 Å². The molecule has 1 atom stereocenters. The predicted octanol–water partition coefficient (Wildman–Crippen LogP) is -1.10. The number of hydrogen-bond acceptors (Lipinski definition) is 4. The third-order valence-corrected chi connectivity index (χ3v) is 1.88. The van der Waals surface area contributed by atoms with E-state index in [9.17, 15) is 4.79 Å². The van der Waals surface area contributed by atoms with Crippen molar-refractivity contribution in [2.45, 2.75) is 5.60 Å². The number of ether oxygens (including phenoxy) is 2. The summed E-state index contributed by atoms with van der Waals surface area (Å²) in [5.74, 6) is -0.222. The van der Waals surface area contributed by atoms with Crippen LogP contribution in [0.4, 0.5) is 0 Å². The molecule has 0 aromatic heterocycles. The number of morpholine rings is 1. The molecule has 10 heavy (non-hydrogen) atoms.